The Morgan fingerprint density at radius 1 is 0.913 bits per heavy atom. The number of carbonyl (C=O) groups is 3. The van der Waals surface area contributed by atoms with Crippen molar-refractivity contribution in [2.75, 3.05) is 30.1 Å². The summed E-state index contributed by atoms with van der Waals surface area (Å²) < 4.78 is 21.8. The van der Waals surface area contributed by atoms with Gasteiger partial charge >= 0.3 is 12.1 Å². The van der Waals surface area contributed by atoms with Crippen LogP contribution in [0.4, 0.5) is 21.9 Å². The molecule has 0 fully saturated rings. The molecule has 13 heteroatoms. The molecule has 0 atom stereocenters. The molecule has 246 valence electrons. The predicted molar refractivity (Wildman–Crippen MR) is 178 cm³/mol. The van der Waals surface area contributed by atoms with Crippen LogP contribution in [0, 0.1) is 5.41 Å². The summed E-state index contributed by atoms with van der Waals surface area (Å²) in [4.78, 5) is 37.7. The van der Waals surface area contributed by atoms with Crippen molar-refractivity contribution in [1.82, 2.24) is 5.32 Å². The molecule has 3 rings (SSSR count). The first-order chi connectivity index (χ1) is 21.4. The van der Waals surface area contributed by atoms with Crippen molar-refractivity contribution < 1.29 is 33.3 Å². The van der Waals surface area contributed by atoms with Gasteiger partial charge in [0.1, 0.15) is 17.0 Å². The fourth-order valence-electron chi connectivity index (χ4n) is 4.08. The Kier molecular flexibility index (Phi) is 11.5. The van der Waals surface area contributed by atoms with Gasteiger partial charge in [0.15, 0.2) is 18.1 Å². The number of nitrogens with one attached hydrogen (secondary N) is 4. The van der Waals surface area contributed by atoms with Crippen molar-refractivity contribution >= 4 is 52.5 Å². The molecule has 2 amide bonds. The van der Waals surface area contributed by atoms with Crippen LogP contribution in [0.3, 0.4) is 0 Å². The van der Waals surface area contributed by atoms with Crippen molar-refractivity contribution in [3.63, 3.8) is 0 Å². The maximum atomic E-state index is 13.4. The van der Waals surface area contributed by atoms with Crippen molar-refractivity contribution in [2.45, 2.75) is 59.3 Å². The number of esters is 1. The molecular formula is C33H40ClN5O7. The fraction of sp³-hybridized carbons (Fsp3) is 0.333. The monoisotopic (exact) mass is 653 g/mol. The van der Waals surface area contributed by atoms with E-state index in [1.165, 1.54) is 13.2 Å². The Labute approximate surface area is 273 Å². The zero-order chi connectivity index (χ0) is 34.2. The minimum atomic E-state index is -0.741. The largest absolute Gasteiger partial charge is 0.493 e. The van der Waals surface area contributed by atoms with E-state index in [2.05, 4.69) is 16.0 Å². The van der Waals surface area contributed by atoms with Gasteiger partial charge in [0.25, 0.3) is 5.91 Å². The SMILES string of the molecule is COc1cc(N)cc(CNc2ccc(Cl)cc2C(=O)Nc2ccc(C(=N)NC(=O)OC(C)(C)C)cc2)c1OCC(=O)OC(C)(C)C. The Balaban J connectivity index is 1.75. The number of nitrogens with two attached hydrogens (primary N) is 1. The summed E-state index contributed by atoms with van der Waals surface area (Å²) >= 11 is 6.25. The van der Waals surface area contributed by atoms with Crippen LogP contribution >= 0.6 is 11.6 Å². The van der Waals surface area contributed by atoms with Gasteiger partial charge in [-0.25, -0.2) is 9.59 Å². The molecule has 0 heterocycles. The smallest absolute Gasteiger partial charge is 0.413 e. The molecule has 0 aliphatic rings. The Morgan fingerprint density at radius 3 is 2.17 bits per heavy atom. The average molecular weight is 654 g/mol. The molecule has 0 aromatic heterocycles. The Bertz CT molecular complexity index is 1600. The first kappa shape index (κ1) is 35.5. The third-order valence-corrected chi connectivity index (χ3v) is 6.12. The predicted octanol–water partition coefficient (Wildman–Crippen LogP) is 6.37. The fourth-order valence-corrected chi connectivity index (χ4v) is 4.25. The summed E-state index contributed by atoms with van der Waals surface area (Å²) in [6.07, 6.45) is -0.741. The van der Waals surface area contributed by atoms with E-state index in [1.807, 2.05) is 0 Å². The second-order valence-corrected chi connectivity index (χ2v) is 12.6. The number of anilines is 3. The maximum absolute atomic E-state index is 13.4. The molecule has 3 aromatic carbocycles. The molecule has 0 aliphatic carbocycles. The van der Waals surface area contributed by atoms with Gasteiger partial charge in [-0.05, 0) is 90.1 Å². The zero-order valence-electron chi connectivity index (χ0n) is 26.9. The quantitative estimate of drug-likeness (QED) is 0.0721. The first-order valence-corrected chi connectivity index (χ1v) is 14.7. The maximum Gasteiger partial charge on any atom is 0.413 e. The average Bonchev–Trinajstić information content (AvgIpc) is 2.93. The summed E-state index contributed by atoms with van der Waals surface area (Å²) in [6, 6.07) is 14.4. The lowest BCUT2D eigenvalue weighted by molar-refractivity contribution is -0.157. The summed E-state index contributed by atoms with van der Waals surface area (Å²) in [5, 5.41) is 16.9. The molecule has 6 N–H and O–H groups in total. The molecule has 46 heavy (non-hydrogen) atoms. The molecule has 3 aromatic rings. The van der Waals surface area contributed by atoms with E-state index in [4.69, 9.17) is 41.7 Å². The number of benzene rings is 3. The van der Waals surface area contributed by atoms with Gasteiger partial charge in [0.2, 0.25) is 0 Å². The number of carbonyl (C=O) groups excluding carboxylic acids is 3. The van der Waals surface area contributed by atoms with Crippen LogP contribution in [-0.4, -0.2) is 48.7 Å². The normalized spacial score (nSPS) is 11.2. The molecule has 0 saturated heterocycles. The third kappa shape index (κ3) is 10.9. The van der Waals surface area contributed by atoms with Gasteiger partial charge < -0.3 is 35.3 Å². The minimum absolute atomic E-state index is 0.147. The van der Waals surface area contributed by atoms with Crippen LogP contribution in [0.2, 0.25) is 5.02 Å². The molecular weight excluding hydrogens is 614 g/mol. The summed E-state index contributed by atoms with van der Waals surface area (Å²) in [6.45, 7) is 10.3. The van der Waals surface area contributed by atoms with Gasteiger partial charge in [-0.3, -0.25) is 15.5 Å². The highest BCUT2D eigenvalue weighted by atomic mass is 35.5. The van der Waals surface area contributed by atoms with E-state index < -0.39 is 29.2 Å². The summed E-state index contributed by atoms with van der Waals surface area (Å²) in [7, 11) is 1.46. The summed E-state index contributed by atoms with van der Waals surface area (Å²) in [5.41, 5.74) is 7.27. The van der Waals surface area contributed by atoms with Gasteiger partial charge in [0.05, 0.1) is 12.7 Å². The molecule has 0 unspecified atom stereocenters. The number of hydrogen-bond acceptors (Lipinski definition) is 10. The van der Waals surface area contributed by atoms with Gasteiger partial charge in [-0.15, -0.1) is 0 Å². The van der Waals surface area contributed by atoms with E-state index >= 15 is 0 Å². The van der Waals surface area contributed by atoms with E-state index in [0.29, 0.717) is 44.7 Å². The lowest BCUT2D eigenvalue weighted by atomic mass is 10.1. The highest BCUT2D eigenvalue weighted by Gasteiger charge is 2.21. The number of hydrogen-bond donors (Lipinski definition) is 5. The van der Waals surface area contributed by atoms with Gasteiger partial charge in [-0.2, -0.15) is 0 Å². The highest BCUT2D eigenvalue weighted by Crippen LogP contribution is 2.35. The van der Waals surface area contributed by atoms with Crippen LogP contribution in [0.25, 0.3) is 0 Å². The van der Waals surface area contributed by atoms with Crippen LogP contribution in [0.5, 0.6) is 11.5 Å². The molecule has 0 bridgehead atoms. The van der Waals surface area contributed by atoms with E-state index in [1.54, 1.807) is 90.1 Å². The molecule has 0 spiro atoms. The molecule has 12 nitrogen and oxygen atoms in total. The third-order valence-electron chi connectivity index (χ3n) is 5.88. The van der Waals surface area contributed by atoms with Crippen LogP contribution in [-0.2, 0) is 20.8 Å². The van der Waals surface area contributed by atoms with Gasteiger partial charge in [0, 0.05) is 45.8 Å². The van der Waals surface area contributed by atoms with E-state index in [9.17, 15) is 14.4 Å². The number of methoxy groups -OCH3 is 1. The van der Waals surface area contributed by atoms with Crippen molar-refractivity contribution in [1.29, 1.82) is 5.41 Å². The van der Waals surface area contributed by atoms with Gasteiger partial charge in [-0.1, -0.05) is 11.6 Å². The van der Waals surface area contributed by atoms with Crippen molar-refractivity contribution in [3.8, 4) is 11.5 Å². The highest BCUT2D eigenvalue weighted by molar-refractivity contribution is 6.31. The topological polar surface area (TPSA) is 174 Å². The lowest BCUT2D eigenvalue weighted by Crippen LogP contribution is -2.36. The second kappa shape index (κ2) is 14.9. The number of rotatable bonds is 10. The van der Waals surface area contributed by atoms with E-state index in [0.717, 1.165) is 0 Å². The standard InChI is InChI=1S/C33H40ClN5O7/c1-32(2,3)45-27(40)18-44-28-20(14-22(35)16-26(28)43-7)17-37-25-13-10-21(34)15-24(25)30(41)38-23-11-8-19(9-12-23)29(36)39-31(42)46-33(4,5)6/h8-16,37H,17-18,35H2,1-7H3,(H,38,41)(H2,36,39,42). The van der Waals surface area contributed by atoms with Crippen molar-refractivity contribution in [3.05, 3.63) is 76.3 Å². The number of amidine groups is 1. The number of alkyl carbamates (subject to hydrolysis) is 1. The number of ether oxygens (including phenoxy) is 4. The van der Waals surface area contributed by atoms with Crippen LogP contribution in [0.1, 0.15) is 63.0 Å². The zero-order valence-corrected chi connectivity index (χ0v) is 27.7. The minimum Gasteiger partial charge on any atom is -0.493 e. The number of halogens is 1. The first-order valence-electron chi connectivity index (χ1n) is 14.3. The molecule has 0 aliphatic heterocycles. The van der Waals surface area contributed by atoms with E-state index in [-0.39, 0.29) is 24.6 Å². The second-order valence-electron chi connectivity index (χ2n) is 12.2. The van der Waals surface area contributed by atoms with Crippen LogP contribution in [0.15, 0.2) is 54.6 Å². The number of amides is 2. The van der Waals surface area contributed by atoms with Crippen molar-refractivity contribution in [2.24, 2.45) is 0 Å². The lowest BCUT2D eigenvalue weighted by Gasteiger charge is -2.21. The Morgan fingerprint density at radius 2 is 1.57 bits per heavy atom. The molecule has 0 saturated carbocycles. The van der Waals surface area contributed by atoms with Crippen LogP contribution < -0.4 is 31.2 Å². The Hall–Kier alpha value is -4.97. The molecule has 0 radical (unpaired) electrons. The number of nitrogen functional groups attached to an aromatic ring is 1. The summed E-state index contributed by atoms with van der Waals surface area (Å²) in [5.74, 6) is -0.535.